The van der Waals surface area contributed by atoms with Crippen LogP contribution in [0.1, 0.15) is 42.2 Å². The molecule has 0 amide bonds. The molecule has 3 saturated heterocycles. The van der Waals surface area contributed by atoms with Gasteiger partial charge in [-0.1, -0.05) is 72.8 Å². The van der Waals surface area contributed by atoms with Crippen molar-refractivity contribution in [3.63, 3.8) is 0 Å². The smallest absolute Gasteiger partial charge is 0.260 e. The molecule has 59 heavy (non-hydrogen) atoms. The van der Waals surface area contributed by atoms with Crippen molar-refractivity contribution in [1.82, 2.24) is 19.2 Å². The third-order valence-electron chi connectivity index (χ3n) is 11.5. The van der Waals surface area contributed by atoms with Crippen LogP contribution in [0.3, 0.4) is 0 Å². The molecule has 3 aliphatic rings. The van der Waals surface area contributed by atoms with Gasteiger partial charge in [-0.15, -0.1) is 0 Å². The average Bonchev–Trinajstić information content (AvgIpc) is 4.08. The average molecular weight is 837 g/mol. The number of hydrogen-bond donors (Lipinski definition) is 1. The molecule has 0 unspecified atom stereocenters. The Labute approximate surface area is 343 Å². The summed E-state index contributed by atoms with van der Waals surface area (Å²) in [7, 11) is -2.00. The van der Waals surface area contributed by atoms with Crippen molar-refractivity contribution >= 4 is 29.4 Å². The summed E-state index contributed by atoms with van der Waals surface area (Å²) in [5, 5.41) is 0.446. The third-order valence-corrected chi connectivity index (χ3v) is 15.1. The highest BCUT2D eigenvalue weighted by atomic mass is 32.2. The van der Waals surface area contributed by atoms with Gasteiger partial charge in [0.25, 0.3) is 14.1 Å². The van der Waals surface area contributed by atoms with Crippen LogP contribution in [0.2, 0.25) is 0 Å². The van der Waals surface area contributed by atoms with Crippen LogP contribution >= 0.6 is 8.53 Å². The van der Waals surface area contributed by atoms with Gasteiger partial charge in [-0.05, 0) is 72.0 Å². The fourth-order valence-electron chi connectivity index (χ4n) is 8.52. The molecule has 0 radical (unpaired) electrons. The van der Waals surface area contributed by atoms with Crippen molar-refractivity contribution in [1.29, 1.82) is 0 Å². The Morgan fingerprint density at radius 2 is 1.49 bits per heavy atom. The molecule has 1 N–H and O–H groups in total. The van der Waals surface area contributed by atoms with E-state index in [1.807, 2.05) is 83.4 Å². The van der Waals surface area contributed by atoms with Gasteiger partial charge in [0.1, 0.15) is 35.1 Å². The van der Waals surface area contributed by atoms with Gasteiger partial charge < -0.3 is 37.5 Å². The molecule has 5 heterocycles. The molecule has 0 saturated carbocycles. The summed E-state index contributed by atoms with van der Waals surface area (Å²) in [5.74, 6) is 1.28. The van der Waals surface area contributed by atoms with Crippen LogP contribution in [0.4, 0.5) is 0 Å². The lowest BCUT2D eigenvalue weighted by Crippen LogP contribution is -2.38. The Bertz CT molecular complexity index is 2490. The zero-order valence-electron chi connectivity index (χ0n) is 32.6. The van der Waals surface area contributed by atoms with Crippen LogP contribution in [-0.4, -0.2) is 85.1 Å². The summed E-state index contributed by atoms with van der Waals surface area (Å²) in [6.07, 6.45) is 3.02. The minimum atomic E-state index is -3.62. The van der Waals surface area contributed by atoms with Gasteiger partial charge >= 0.3 is 0 Å². The van der Waals surface area contributed by atoms with Gasteiger partial charge in [-0.2, -0.15) is 0 Å². The number of H-pyrrole nitrogens is 1. The zero-order valence-corrected chi connectivity index (χ0v) is 34.3. The van der Waals surface area contributed by atoms with Crippen molar-refractivity contribution in [3.8, 4) is 11.5 Å². The molecule has 2 aromatic heterocycles. The molecule has 6 atom stereocenters. The highest BCUT2D eigenvalue weighted by molar-refractivity contribution is 7.91. The summed E-state index contributed by atoms with van der Waals surface area (Å²) in [4.78, 5) is 20.1. The first kappa shape index (κ1) is 39.5. The third kappa shape index (κ3) is 7.59. The number of sulfone groups is 1. The van der Waals surface area contributed by atoms with E-state index < -0.39 is 48.5 Å². The highest BCUT2D eigenvalue weighted by Gasteiger charge is 2.51. The molecule has 0 aliphatic carbocycles. The predicted molar refractivity (Wildman–Crippen MR) is 222 cm³/mol. The van der Waals surface area contributed by atoms with Gasteiger partial charge in [0.2, 0.25) is 0 Å². The Balaban J connectivity index is 1.07. The van der Waals surface area contributed by atoms with Gasteiger partial charge in [0, 0.05) is 25.2 Å². The first-order chi connectivity index (χ1) is 28.8. The van der Waals surface area contributed by atoms with Crippen molar-refractivity contribution < 1.29 is 36.4 Å². The number of aromatic amines is 1. The number of methoxy groups -OCH3 is 2. The second-order valence-corrected chi connectivity index (χ2v) is 18.3. The summed E-state index contributed by atoms with van der Waals surface area (Å²) < 4.78 is 70.1. The fourth-order valence-corrected chi connectivity index (χ4v) is 12.1. The molecule has 9 rings (SSSR count). The van der Waals surface area contributed by atoms with Gasteiger partial charge in [-0.25, -0.2) is 18.1 Å². The molecule has 6 aromatic rings. The lowest BCUT2D eigenvalue weighted by Gasteiger charge is -2.37. The number of rotatable bonds is 14. The fraction of sp³-hybridized carbons (Fsp3) is 0.318. The van der Waals surface area contributed by atoms with Crippen LogP contribution in [-0.2, 0) is 34.0 Å². The van der Waals surface area contributed by atoms with Crippen LogP contribution in [0, 0.1) is 0 Å². The molecule has 15 heteroatoms. The second-order valence-electron chi connectivity index (χ2n) is 14.9. The van der Waals surface area contributed by atoms with Crippen molar-refractivity contribution in [2.75, 3.05) is 33.1 Å². The number of fused-ring (bicyclic) bond motifs is 2. The van der Waals surface area contributed by atoms with Gasteiger partial charge in [-0.3, -0.25) is 4.79 Å². The van der Waals surface area contributed by atoms with Crippen LogP contribution < -0.4 is 15.0 Å². The second kappa shape index (κ2) is 16.6. The SMILES string of the molecule is COc1ccc(C(OC[C@H]2O[C@@H](n3ccc4c(=O)[nH]cnc43)C[C@@H]2O[P@]2O[C@H](CS(=O)(=O)c3ccccc3)[C@@H]3CCCN32)(c2ccccc2)c2ccc(OC)cc2)cc1. The Morgan fingerprint density at radius 3 is 2.15 bits per heavy atom. The maximum Gasteiger partial charge on any atom is 0.260 e. The Hall–Kier alpha value is -4.92. The number of nitrogens with one attached hydrogen (secondary N) is 1. The molecule has 3 aliphatic heterocycles. The molecular weight excluding hydrogens is 792 g/mol. The van der Waals surface area contributed by atoms with E-state index in [0.29, 0.717) is 29.0 Å². The largest absolute Gasteiger partial charge is 0.497 e. The number of benzene rings is 4. The Morgan fingerprint density at radius 1 is 0.847 bits per heavy atom. The van der Waals surface area contributed by atoms with E-state index >= 15 is 0 Å². The minimum Gasteiger partial charge on any atom is -0.497 e. The number of aromatic nitrogens is 3. The summed E-state index contributed by atoms with van der Waals surface area (Å²) >= 11 is 0. The van der Waals surface area contributed by atoms with E-state index in [2.05, 4.69) is 14.6 Å². The normalized spacial score (nSPS) is 23.4. The summed E-state index contributed by atoms with van der Waals surface area (Å²) in [5.41, 5.74) is 1.76. The quantitative estimate of drug-likeness (QED) is 0.0897. The maximum atomic E-state index is 13.6. The van der Waals surface area contributed by atoms with E-state index in [-0.39, 0.29) is 28.9 Å². The summed E-state index contributed by atoms with van der Waals surface area (Å²) in [6, 6.07) is 35.9. The molecule has 3 fully saturated rings. The number of hydrogen-bond acceptors (Lipinski definition) is 11. The number of nitrogens with zero attached hydrogens (tertiary/aromatic N) is 3. The predicted octanol–water partition coefficient (Wildman–Crippen LogP) is 6.99. The molecule has 4 aromatic carbocycles. The lowest BCUT2D eigenvalue weighted by molar-refractivity contribution is -0.0905. The topological polar surface area (TPSA) is 143 Å². The first-order valence-corrected chi connectivity index (χ1v) is 22.4. The van der Waals surface area contributed by atoms with Crippen molar-refractivity contribution in [3.05, 3.63) is 155 Å². The van der Waals surface area contributed by atoms with E-state index in [9.17, 15) is 13.2 Å². The first-order valence-electron chi connectivity index (χ1n) is 19.6. The van der Waals surface area contributed by atoms with E-state index in [1.54, 1.807) is 56.8 Å². The van der Waals surface area contributed by atoms with Crippen molar-refractivity contribution in [2.24, 2.45) is 0 Å². The van der Waals surface area contributed by atoms with Crippen LogP contribution in [0.15, 0.2) is 137 Å². The molecular formula is C44H45N4O9PS. The minimum absolute atomic E-state index is 0.0831. The Kier molecular flexibility index (Phi) is 11.1. The van der Waals surface area contributed by atoms with Crippen LogP contribution in [0.5, 0.6) is 11.5 Å². The number of ether oxygens (including phenoxy) is 4. The standard InChI is InChI=1S/C44H45N4O9PS/c1-52-33-19-15-31(16-20-33)44(30-10-5-3-6-11-30,32-17-21-34(53-2)22-18-32)54-27-39-38(26-41(55-39)47-25-23-36-42(47)45-29-46-43(36)49)56-58-48-24-9-14-37(48)40(57-58)28-59(50,51)35-12-7-4-8-13-35/h3-8,10-13,15-23,25,29,37-41H,9,14,24,26-28H2,1-2H3,(H,45,46,49)/t37-,38-,39+,40+,41+,58+/m0/s1. The molecule has 13 nitrogen and oxygen atoms in total. The molecule has 306 valence electrons. The van der Waals surface area contributed by atoms with Crippen LogP contribution in [0.25, 0.3) is 11.0 Å². The van der Waals surface area contributed by atoms with Crippen molar-refractivity contribution in [2.45, 2.75) is 60.3 Å². The van der Waals surface area contributed by atoms with E-state index in [4.69, 9.17) is 28.0 Å². The zero-order chi connectivity index (χ0) is 40.6. The van der Waals surface area contributed by atoms with E-state index in [0.717, 1.165) is 36.1 Å². The summed E-state index contributed by atoms with van der Waals surface area (Å²) in [6.45, 7) is 0.817. The lowest BCUT2D eigenvalue weighted by atomic mass is 9.80. The highest BCUT2D eigenvalue weighted by Crippen LogP contribution is 2.58. The van der Waals surface area contributed by atoms with Gasteiger partial charge in [0.15, 0.2) is 9.84 Å². The molecule has 0 bridgehead atoms. The van der Waals surface area contributed by atoms with E-state index in [1.165, 1.54) is 6.33 Å². The maximum absolute atomic E-state index is 13.6. The monoisotopic (exact) mass is 836 g/mol. The molecule has 0 spiro atoms. The van der Waals surface area contributed by atoms with Gasteiger partial charge in [0.05, 0.1) is 55.4 Å².